The zero-order chi connectivity index (χ0) is 14.7. The Morgan fingerprint density at radius 2 is 2.05 bits per heavy atom. The molecule has 2 aromatic carbocycles. The maximum absolute atomic E-state index is 10.9. The maximum Gasteiger partial charge on any atom is 0.276 e. The van der Waals surface area contributed by atoms with Crippen molar-refractivity contribution in [1.82, 2.24) is 0 Å². The van der Waals surface area contributed by atoms with Gasteiger partial charge in [0.2, 0.25) is 0 Å². The molecule has 0 unspecified atom stereocenters. The molecule has 100 valence electrons. The fraction of sp³-hybridized carbons (Fsp3) is 0.0714. The van der Waals surface area contributed by atoms with Crippen molar-refractivity contribution in [3.05, 3.63) is 62.1 Å². The van der Waals surface area contributed by atoms with Crippen LogP contribution in [0.4, 0.5) is 5.69 Å². The van der Waals surface area contributed by atoms with Crippen molar-refractivity contribution in [3.8, 4) is 17.6 Å². The van der Waals surface area contributed by atoms with Crippen molar-refractivity contribution < 1.29 is 9.66 Å². The number of rotatable bonds is 3. The van der Waals surface area contributed by atoms with Gasteiger partial charge in [0.1, 0.15) is 17.6 Å². The molecule has 0 aliphatic rings. The van der Waals surface area contributed by atoms with Gasteiger partial charge in [0.25, 0.3) is 5.69 Å². The van der Waals surface area contributed by atoms with Crippen LogP contribution in [0.25, 0.3) is 0 Å². The lowest BCUT2D eigenvalue weighted by atomic mass is 10.1. The molecule has 0 fully saturated rings. The molecule has 0 amide bonds. The second-order valence-electron chi connectivity index (χ2n) is 4.01. The molecule has 0 bridgehead atoms. The first kappa shape index (κ1) is 14.0. The molecule has 6 heteroatoms. The average molecular weight is 333 g/mol. The van der Waals surface area contributed by atoms with Crippen LogP contribution in [0.1, 0.15) is 11.1 Å². The van der Waals surface area contributed by atoms with Crippen LogP contribution in [0.5, 0.6) is 11.5 Å². The molecular formula is C14H9BrN2O3. The van der Waals surface area contributed by atoms with Gasteiger partial charge in [-0.25, -0.2) is 0 Å². The fourth-order valence-corrected chi connectivity index (χ4v) is 2.07. The SMILES string of the molecule is Cc1c(Oc2ccc(Br)cc2C#N)cccc1[N+](=O)[O-]. The molecule has 2 rings (SSSR count). The van der Waals surface area contributed by atoms with Crippen LogP contribution in [0.15, 0.2) is 40.9 Å². The van der Waals surface area contributed by atoms with Crippen molar-refractivity contribution in [2.45, 2.75) is 6.92 Å². The normalized spacial score (nSPS) is 9.85. The zero-order valence-electron chi connectivity index (χ0n) is 10.5. The summed E-state index contributed by atoms with van der Waals surface area (Å²) in [6, 6.07) is 11.6. The molecule has 0 aliphatic carbocycles. The summed E-state index contributed by atoms with van der Waals surface area (Å²) in [6.07, 6.45) is 0. The van der Waals surface area contributed by atoms with E-state index in [1.54, 1.807) is 37.3 Å². The van der Waals surface area contributed by atoms with Crippen LogP contribution >= 0.6 is 15.9 Å². The molecule has 2 aromatic rings. The Labute approximate surface area is 123 Å². The van der Waals surface area contributed by atoms with Gasteiger partial charge in [-0.05, 0) is 31.2 Å². The first-order chi connectivity index (χ1) is 9.52. The smallest absolute Gasteiger partial charge is 0.276 e. The summed E-state index contributed by atoms with van der Waals surface area (Å²) in [7, 11) is 0. The standard InChI is InChI=1S/C14H9BrN2O3/c1-9-12(17(18)19)3-2-4-13(9)20-14-6-5-11(15)7-10(14)8-16/h2-7H,1H3. The second-order valence-corrected chi connectivity index (χ2v) is 4.93. The minimum Gasteiger partial charge on any atom is -0.455 e. The predicted molar refractivity (Wildman–Crippen MR) is 76.8 cm³/mol. The molecule has 0 aliphatic heterocycles. The Bertz CT molecular complexity index is 723. The molecule has 0 aromatic heterocycles. The van der Waals surface area contributed by atoms with E-state index >= 15 is 0 Å². The summed E-state index contributed by atoms with van der Waals surface area (Å²) in [5.74, 6) is 0.720. The Balaban J connectivity index is 2.44. The van der Waals surface area contributed by atoms with E-state index in [1.807, 2.05) is 6.07 Å². The van der Waals surface area contributed by atoms with Gasteiger partial charge in [0.15, 0.2) is 0 Å². The van der Waals surface area contributed by atoms with Gasteiger partial charge in [-0.1, -0.05) is 22.0 Å². The van der Waals surface area contributed by atoms with Crippen molar-refractivity contribution in [3.63, 3.8) is 0 Å². The quantitative estimate of drug-likeness (QED) is 0.619. The molecule has 0 heterocycles. The molecule has 0 spiro atoms. The summed E-state index contributed by atoms with van der Waals surface area (Å²) >= 11 is 3.27. The highest BCUT2D eigenvalue weighted by atomic mass is 79.9. The van der Waals surface area contributed by atoms with Gasteiger partial charge in [0.05, 0.1) is 16.1 Å². The van der Waals surface area contributed by atoms with Crippen LogP contribution in [0, 0.1) is 28.4 Å². The summed E-state index contributed by atoms with van der Waals surface area (Å²) < 4.78 is 6.39. The number of hydrogen-bond donors (Lipinski definition) is 0. The lowest BCUT2D eigenvalue weighted by Gasteiger charge is -2.10. The number of nitro groups is 1. The molecule has 5 nitrogen and oxygen atoms in total. The Morgan fingerprint density at radius 1 is 1.30 bits per heavy atom. The van der Waals surface area contributed by atoms with Crippen molar-refractivity contribution in [1.29, 1.82) is 5.26 Å². The summed E-state index contributed by atoms with van der Waals surface area (Å²) in [5, 5.41) is 20.0. The minimum atomic E-state index is -0.463. The van der Waals surface area contributed by atoms with Crippen molar-refractivity contribution >= 4 is 21.6 Å². The highest BCUT2D eigenvalue weighted by molar-refractivity contribution is 9.10. The Hall–Kier alpha value is -2.39. The van der Waals surface area contributed by atoms with Gasteiger partial charge in [-0.15, -0.1) is 0 Å². The highest BCUT2D eigenvalue weighted by Gasteiger charge is 2.15. The molecule has 0 radical (unpaired) electrons. The van der Waals surface area contributed by atoms with E-state index < -0.39 is 4.92 Å². The van der Waals surface area contributed by atoms with Crippen LogP contribution in [-0.4, -0.2) is 4.92 Å². The summed E-state index contributed by atoms with van der Waals surface area (Å²) in [4.78, 5) is 10.4. The number of benzene rings is 2. The lowest BCUT2D eigenvalue weighted by Crippen LogP contribution is -1.95. The number of ether oxygens (including phenoxy) is 1. The summed E-state index contributed by atoms with van der Waals surface area (Å²) in [6.45, 7) is 1.61. The first-order valence-electron chi connectivity index (χ1n) is 5.64. The average Bonchev–Trinajstić information content (AvgIpc) is 2.42. The zero-order valence-corrected chi connectivity index (χ0v) is 12.0. The molecule has 0 N–H and O–H groups in total. The predicted octanol–water partition coefficient (Wildman–Crippen LogP) is 4.33. The van der Waals surface area contributed by atoms with Crippen LogP contribution < -0.4 is 4.74 Å². The fourth-order valence-electron chi connectivity index (χ4n) is 1.71. The number of nitriles is 1. The van der Waals surface area contributed by atoms with E-state index in [4.69, 9.17) is 10.00 Å². The van der Waals surface area contributed by atoms with E-state index in [0.717, 1.165) is 4.47 Å². The van der Waals surface area contributed by atoms with E-state index in [1.165, 1.54) is 6.07 Å². The van der Waals surface area contributed by atoms with Crippen LogP contribution in [0.3, 0.4) is 0 Å². The molecule has 0 saturated heterocycles. The second kappa shape index (κ2) is 5.72. The third-order valence-corrected chi connectivity index (χ3v) is 3.23. The van der Waals surface area contributed by atoms with E-state index in [-0.39, 0.29) is 5.69 Å². The summed E-state index contributed by atoms with van der Waals surface area (Å²) in [5.41, 5.74) is 0.757. The third kappa shape index (κ3) is 2.78. The maximum atomic E-state index is 10.9. The van der Waals surface area contributed by atoms with Gasteiger partial charge in [0, 0.05) is 10.5 Å². The molecule has 0 atom stereocenters. The third-order valence-electron chi connectivity index (χ3n) is 2.73. The largest absolute Gasteiger partial charge is 0.455 e. The Morgan fingerprint density at radius 3 is 2.70 bits per heavy atom. The minimum absolute atomic E-state index is 0.0156. The topological polar surface area (TPSA) is 76.2 Å². The van der Waals surface area contributed by atoms with E-state index in [2.05, 4.69) is 15.9 Å². The van der Waals surface area contributed by atoms with Crippen molar-refractivity contribution in [2.75, 3.05) is 0 Å². The lowest BCUT2D eigenvalue weighted by molar-refractivity contribution is -0.385. The van der Waals surface area contributed by atoms with Crippen LogP contribution in [-0.2, 0) is 0 Å². The number of halogens is 1. The van der Waals surface area contributed by atoms with Crippen LogP contribution in [0.2, 0.25) is 0 Å². The monoisotopic (exact) mass is 332 g/mol. The van der Waals surface area contributed by atoms with E-state index in [9.17, 15) is 10.1 Å². The molecule has 20 heavy (non-hydrogen) atoms. The number of nitrogens with zero attached hydrogens (tertiary/aromatic N) is 2. The molecular weight excluding hydrogens is 324 g/mol. The highest BCUT2D eigenvalue weighted by Crippen LogP contribution is 2.33. The first-order valence-corrected chi connectivity index (χ1v) is 6.43. The van der Waals surface area contributed by atoms with Gasteiger partial charge in [-0.2, -0.15) is 5.26 Å². The number of hydrogen-bond acceptors (Lipinski definition) is 4. The van der Waals surface area contributed by atoms with Gasteiger partial charge >= 0.3 is 0 Å². The van der Waals surface area contributed by atoms with Crippen molar-refractivity contribution in [2.24, 2.45) is 0 Å². The molecule has 0 saturated carbocycles. The van der Waals surface area contributed by atoms with Gasteiger partial charge in [-0.3, -0.25) is 10.1 Å². The Kier molecular flexibility index (Phi) is 4.01. The number of nitro benzene ring substituents is 1. The van der Waals surface area contributed by atoms with E-state index in [0.29, 0.717) is 22.6 Å². The van der Waals surface area contributed by atoms with Gasteiger partial charge < -0.3 is 4.74 Å².